The quantitative estimate of drug-likeness (QED) is 0.864. The molecule has 1 aromatic rings. The molecular formula is C13H18ClNO3. The van der Waals surface area contributed by atoms with Crippen LogP contribution in [0.3, 0.4) is 0 Å². The highest BCUT2D eigenvalue weighted by Gasteiger charge is 2.15. The van der Waals surface area contributed by atoms with Crippen LogP contribution in [0.15, 0.2) is 18.2 Å². The van der Waals surface area contributed by atoms with Crippen LogP contribution in [0.4, 0.5) is 0 Å². The van der Waals surface area contributed by atoms with Gasteiger partial charge in [0.25, 0.3) is 0 Å². The Morgan fingerprint density at radius 2 is 2.22 bits per heavy atom. The van der Waals surface area contributed by atoms with Crippen LogP contribution >= 0.6 is 11.6 Å². The van der Waals surface area contributed by atoms with E-state index < -0.39 is 11.9 Å². The molecule has 100 valence electrons. The van der Waals surface area contributed by atoms with Gasteiger partial charge in [-0.1, -0.05) is 24.6 Å². The molecule has 0 saturated carbocycles. The largest absolute Gasteiger partial charge is 0.496 e. The maximum absolute atomic E-state index is 10.8. The molecule has 1 unspecified atom stereocenters. The van der Waals surface area contributed by atoms with Crippen molar-refractivity contribution in [3.8, 4) is 5.75 Å². The number of hydrogen-bond acceptors (Lipinski definition) is 3. The molecule has 0 aliphatic heterocycles. The highest BCUT2D eigenvalue weighted by molar-refractivity contribution is 6.30. The first-order valence-corrected chi connectivity index (χ1v) is 6.05. The molecule has 0 amide bonds. The molecule has 0 aliphatic carbocycles. The second-order valence-electron chi connectivity index (χ2n) is 4.39. The highest BCUT2D eigenvalue weighted by atomic mass is 35.5. The molecule has 0 saturated heterocycles. The molecule has 0 aliphatic rings. The van der Waals surface area contributed by atoms with Crippen molar-refractivity contribution in [3.63, 3.8) is 0 Å². The minimum Gasteiger partial charge on any atom is -0.496 e. The number of nitrogens with zero attached hydrogens (tertiary/aromatic N) is 1. The van der Waals surface area contributed by atoms with E-state index in [2.05, 4.69) is 0 Å². The van der Waals surface area contributed by atoms with Crippen molar-refractivity contribution in [3.05, 3.63) is 28.8 Å². The number of rotatable bonds is 6. The van der Waals surface area contributed by atoms with Crippen molar-refractivity contribution < 1.29 is 14.6 Å². The van der Waals surface area contributed by atoms with Crippen LogP contribution in [0.2, 0.25) is 5.02 Å². The lowest BCUT2D eigenvalue weighted by Crippen LogP contribution is -2.28. The number of benzene rings is 1. The molecule has 18 heavy (non-hydrogen) atoms. The van der Waals surface area contributed by atoms with Crippen molar-refractivity contribution in [2.45, 2.75) is 13.5 Å². The first-order valence-electron chi connectivity index (χ1n) is 5.67. The molecule has 4 nitrogen and oxygen atoms in total. The molecule has 0 spiro atoms. The molecule has 1 atom stereocenters. The summed E-state index contributed by atoms with van der Waals surface area (Å²) in [7, 11) is 3.47. The topological polar surface area (TPSA) is 49.8 Å². The van der Waals surface area contributed by atoms with E-state index in [1.54, 1.807) is 26.2 Å². The van der Waals surface area contributed by atoms with Crippen LogP contribution in [0.25, 0.3) is 0 Å². The molecular weight excluding hydrogens is 254 g/mol. The van der Waals surface area contributed by atoms with Gasteiger partial charge in [0, 0.05) is 23.7 Å². The zero-order valence-electron chi connectivity index (χ0n) is 10.8. The lowest BCUT2D eigenvalue weighted by Gasteiger charge is -2.20. The van der Waals surface area contributed by atoms with Gasteiger partial charge in [0.2, 0.25) is 0 Å². The van der Waals surface area contributed by atoms with E-state index in [1.165, 1.54) is 0 Å². The summed E-state index contributed by atoms with van der Waals surface area (Å²) in [5.74, 6) is -0.462. The van der Waals surface area contributed by atoms with E-state index in [0.29, 0.717) is 18.1 Å². The minimum atomic E-state index is -0.787. The van der Waals surface area contributed by atoms with Gasteiger partial charge in [0.1, 0.15) is 5.75 Å². The number of carbonyl (C=O) groups is 1. The van der Waals surface area contributed by atoms with Crippen molar-refractivity contribution in [2.24, 2.45) is 5.92 Å². The third kappa shape index (κ3) is 4.20. The van der Waals surface area contributed by atoms with Crippen molar-refractivity contribution in [1.29, 1.82) is 0 Å². The van der Waals surface area contributed by atoms with Crippen LogP contribution in [0.5, 0.6) is 5.75 Å². The van der Waals surface area contributed by atoms with Crippen LogP contribution in [0, 0.1) is 5.92 Å². The first-order chi connectivity index (χ1) is 8.43. The summed E-state index contributed by atoms with van der Waals surface area (Å²) >= 11 is 5.89. The Bertz CT molecular complexity index is 423. The molecule has 0 fully saturated rings. The maximum Gasteiger partial charge on any atom is 0.307 e. The third-order valence-corrected chi connectivity index (χ3v) is 2.93. The standard InChI is InChI=1S/C13H18ClNO3/c1-9(13(16)17)7-15(2)8-10-4-5-11(14)6-12(10)18-3/h4-6,9H,7-8H2,1-3H3,(H,16,17). The lowest BCUT2D eigenvalue weighted by molar-refractivity contribution is -0.141. The first kappa shape index (κ1) is 14.8. The van der Waals surface area contributed by atoms with Crippen LogP contribution in [0.1, 0.15) is 12.5 Å². The molecule has 1 rings (SSSR count). The Morgan fingerprint density at radius 1 is 1.56 bits per heavy atom. The average molecular weight is 272 g/mol. The van der Waals surface area contributed by atoms with Gasteiger partial charge in [-0.25, -0.2) is 0 Å². The van der Waals surface area contributed by atoms with E-state index in [0.717, 1.165) is 11.3 Å². The van der Waals surface area contributed by atoms with Gasteiger partial charge in [0.05, 0.1) is 13.0 Å². The Hall–Kier alpha value is -1.26. The molecule has 0 heterocycles. The smallest absolute Gasteiger partial charge is 0.307 e. The van der Waals surface area contributed by atoms with Gasteiger partial charge in [-0.3, -0.25) is 4.79 Å². The van der Waals surface area contributed by atoms with Gasteiger partial charge < -0.3 is 14.7 Å². The summed E-state index contributed by atoms with van der Waals surface area (Å²) in [4.78, 5) is 12.7. The number of carboxylic acids is 1. The Labute approximate surface area is 112 Å². The van der Waals surface area contributed by atoms with Gasteiger partial charge in [-0.2, -0.15) is 0 Å². The minimum absolute atomic E-state index is 0.395. The molecule has 1 N–H and O–H groups in total. The molecule has 0 radical (unpaired) electrons. The third-order valence-electron chi connectivity index (χ3n) is 2.70. The van der Waals surface area contributed by atoms with Gasteiger partial charge in [0.15, 0.2) is 0 Å². The molecule has 5 heteroatoms. The van der Waals surface area contributed by atoms with Gasteiger partial charge in [-0.15, -0.1) is 0 Å². The summed E-state index contributed by atoms with van der Waals surface area (Å²) in [6.45, 7) is 2.80. The monoisotopic (exact) mass is 271 g/mol. The summed E-state index contributed by atoms with van der Waals surface area (Å²) in [6.07, 6.45) is 0. The van der Waals surface area contributed by atoms with Gasteiger partial charge in [-0.05, 0) is 19.2 Å². The van der Waals surface area contributed by atoms with Crippen molar-refractivity contribution in [2.75, 3.05) is 20.7 Å². The summed E-state index contributed by atoms with van der Waals surface area (Å²) < 4.78 is 5.25. The molecule has 0 bridgehead atoms. The molecule has 1 aromatic carbocycles. The van der Waals surface area contributed by atoms with Crippen molar-refractivity contribution in [1.82, 2.24) is 4.90 Å². The van der Waals surface area contributed by atoms with Crippen LogP contribution in [-0.4, -0.2) is 36.7 Å². The van der Waals surface area contributed by atoms with E-state index in [-0.39, 0.29) is 0 Å². The fourth-order valence-electron chi connectivity index (χ4n) is 1.75. The maximum atomic E-state index is 10.8. The Kier molecular flexibility index (Phi) is 5.44. The molecule has 0 aromatic heterocycles. The lowest BCUT2D eigenvalue weighted by atomic mass is 10.1. The predicted molar refractivity (Wildman–Crippen MR) is 71.1 cm³/mol. The summed E-state index contributed by atoms with van der Waals surface area (Å²) in [5, 5.41) is 9.49. The zero-order valence-corrected chi connectivity index (χ0v) is 11.6. The summed E-state index contributed by atoms with van der Waals surface area (Å²) in [6, 6.07) is 5.45. The Balaban J connectivity index is 2.69. The highest BCUT2D eigenvalue weighted by Crippen LogP contribution is 2.24. The van der Waals surface area contributed by atoms with Gasteiger partial charge >= 0.3 is 5.97 Å². The van der Waals surface area contributed by atoms with Crippen molar-refractivity contribution >= 4 is 17.6 Å². The number of aliphatic carboxylic acids is 1. The van der Waals surface area contributed by atoms with E-state index >= 15 is 0 Å². The fraction of sp³-hybridized carbons (Fsp3) is 0.462. The predicted octanol–water partition coefficient (Wildman–Crippen LogP) is 2.50. The second kappa shape index (κ2) is 6.61. The number of ether oxygens (including phenoxy) is 1. The number of hydrogen-bond donors (Lipinski definition) is 1. The van der Waals surface area contributed by atoms with Crippen LogP contribution < -0.4 is 4.74 Å². The summed E-state index contributed by atoms with van der Waals surface area (Å²) in [5.41, 5.74) is 0.988. The van der Waals surface area contributed by atoms with Crippen LogP contribution in [-0.2, 0) is 11.3 Å². The SMILES string of the molecule is COc1cc(Cl)ccc1CN(C)CC(C)C(=O)O. The number of halogens is 1. The van der Waals surface area contributed by atoms with E-state index in [9.17, 15) is 4.79 Å². The number of carboxylic acid groups (broad SMARTS) is 1. The van der Waals surface area contributed by atoms with E-state index in [4.69, 9.17) is 21.4 Å². The Morgan fingerprint density at radius 3 is 2.78 bits per heavy atom. The fourth-order valence-corrected chi connectivity index (χ4v) is 1.91. The average Bonchev–Trinajstić information content (AvgIpc) is 2.31. The normalized spacial score (nSPS) is 12.5. The second-order valence-corrected chi connectivity index (χ2v) is 4.83. The zero-order chi connectivity index (χ0) is 13.7. The number of methoxy groups -OCH3 is 1. The van der Waals surface area contributed by atoms with E-state index in [1.807, 2.05) is 18.0 Å².